The second kappa shape index (κ2) is 9.28. The molecule has 2 aliphatic heterocycles. The molecule has 0 aromatic carbocycles. The first kappa shape index (κ1) is 19.1. The fourth-order valence-electron chi connectivity index (χ4n) is 3.86. The van der Waals surface area contributed by atoms with Crippen LogP contribution in [0.15, 0.2) is 0 Å². The molecule has 2 heterocycles. The molecule has 0 aromatic heterocycles. The number of likely N-dealkylation sites (tertiary alicyclic amines) is 2. The summed E-state index contributed by atoms with van der Waals surface area (Å²) >= 11 is 1.96. The van der Waals surface area contributed by atoms with Crippen molar-refractivity contribution in [2.24, 2.45) is 5.41 Å². The summed E-state index contributed by atoms with van der Waals surface area (Å²) in [6, 6.07) is 0. The molecule has 2 fully saturated rings. The Morgan fingerprint density at radius 3 is 2.61 bits per heavy atom. The number of rotatable bonds is 8. The average Bonchev–Trinajstić information content (AvgIpc) is 2.57. The van der Waals surface area contributed by atoms with Crippen molar-refractivity contribution < 1.29 is 9.90 Å². The minimum absolute atomic E-state index is 0.233. The lowest BCUT2D eigenvalue weighted by molar-refractivity contribution is -0.139. The van der Waals surface area contributed by atoms with E-state index < -0.39 is 0 Å². The number of carbonyl (C=O) groups is 1. The molecule has 4 nitrogen and oxygen atoms in total. The first-order valence-electron chi connectivity index (χ1n) is 9.22. The summed E-state index contributed by atoms with van der Waals surface area (Å²) in [5, 5.41) is 9.68. The minimum atomic E-state index is 0.233. The first-order valence-corrected chi connectivity index (χ1v) is 10.5. The van der Waals surface area contributed by atoms with Crippen LogP contribution in [0.2, 0.25) is 0 Å². The highest BCUT2D eigenvalue weighted by Crippen LogP contribution is 2.40. The summed E-state index contributed by atoms with van der Waals surface area (Å²) in [4.78, 5) is 16.8. The van der Waals surface area contributed by atoms with Crippen LogP contribution in [0.3, 0.4) is 0 Å². The van der Waals surface area contributed by atoms with Gasteiger partial charge in [0.05, 0.1) is 0 Å². The standard InChI is InChI=1S/C18H34N2O2S/c1-16(23-2)6-11-19-12-8-18(9-13-19)7-5-17(22)20(15-18)10-3-4-14-21/h16,21H,3-15H2,1-2H3/t16-/m1/s1. The molecule has 5 heteroatoms. The van der Waals surface area contributed by atoms with Gasteiger partial charge in [-0.15, -0.1) is 0 Å². The molecule has 1 amide bonds. The Morgan fingerprint density at radius 2 is 1.96 bits per heavy atom. The van der Waals surface area contributed by atoms with Crippen LogP contribution in [0.1, 0.15) is 51.9 Å². The van der Waals surface area contributed by atoms with Crippen molar-refractivity contribution in [1.29, 1.82) is 0 Å². The molecule has 0 bridgehead atoms. The molecule has 0 aliphatic carbocycles. The van der Waals surface area contributed by atoms with E-state index in [0.29, 0.717) is 11.3 Å². The summed E-state index contributed by atoms with van der Waals surface area (Å²) < 4.78 is 0. The van der Waals surface area contributed by atoms with Crippen molar-refractivity contribution in [2.45, 2.75) is 57.1 Å². The zero-order valence-corrected chi connectivity index (χ0v) is 15.7. The number of unbranched alkanes of at least 4 members (excludes halogenated alkanes) is 1. The van der Waals surface area contributed by atoms with Gasteiger partial charge >= 0.3 is 0 Å². The van der Waals surface area contributed by atoms with E-state index in [0.717, 1.165) is 44.0 Å². The highest BCUT2D eigenvalue weighted by Gasteiger charge is 2.40. The maximum Gasteiger partial charge on any atom is 0.222 e. The zero-order chi connectivity index (χ0) is 16.7. The third-order valence-corrected chi connectivity index (χ3v) is 6.80. The van der Waals surface area contributed by atoms with Crippen LogP contribution in [-0.2, 0) is 4.79 Å². The Balaban J connectivity index is 1.78. The van der Waals surface area contributed by atoms with Gasteiger partial charge in [0.15, 0.2) is 0 Å². The maximum absolute atomic E-state index is 12.1. The van der Waals surface area contributed by atoms with Gasteiger partial charge in [-0.3, -0.25) is 4.79 Å². The molecular formula is C18H34N2O2S. The summed E-state index contributed by atoms with van der Waals surface area (Å²) in [5.74, 6) is 0.324. The third kappa shape index (κ3) is 5.64. The number of hydrogen-bond acceptors (Lipinski definition) is 4. The molecular weight excluding hydrogens is 308 g/mol. The van der Waals surface area contributed by atoms with E-state index in [2.05, 4.69) is 23.0 Å². The van der Waals surface area contributed by atoms with Crippen molar-refractivity contribution in [3.05, 3.63) is 0 Å². The molecule has 134 valence electrons. The van der Waals surface area contributed by atoms with Gasteiger partial charge in [0.25, 0.3) is 0 Å². The van der Waals surface area contributed by atoms with Gasteiger partial charge in [-0.25, -0.2) is 0 Å². The Labute approximate surface area is 146 Å². The maximum atomic E-state index is 12.1. The molecule has 2 saturated heterocycles. The lowest BCUT2D eigenvalue weighted by Crippen LogP contribution is -2.51. The third-order valence-electron chi connectivity index (χ3n) is 5.76. The highest BCUT2D eigenvalue weighted by molar-refractivity contribution is 7.99. The van der Waals surface area contributed by atoms with Gasteiger partial charge in [0, 0.05) is 31.4 Å². The van der Waals surface area contributed by atoms with E-state index in [9.17, 15) is 4.79 Å². The average molecular weight is 343 g/mol. The molecule has 0 unspecified atom stereocenters. The molecule has 0 radical (unpaired) electrons. The van der Waals surface area contributed by atoms with E-state index in [1.807, 2.05) is 11.8 Å². The predicted molar refractivity (Wildman–Crippen MR) is 97.8 cm³/mol. The normalized spacial score (nSPS) is 23.4. The van der Waals surface area contributed by atoms with E-state index in [1.54, 1.807) is 0 Å². The largest absolute Gasteiger partial charge is 0.396 e. The second-order valence-electron chi connectivity index (χ2n) is 7.42. The quantitative estimate of drug-likeness (QED) is 0.689. The predicted octanol–water partition coefficient (Wildman–Crippen LogP) is 2.61. The van der Waals surface area contributed by atoms with Gasteiger partial charge in [0.1, 0.15) is 0 Å². The van der Waals surface area contributed by atoms with Crippen molar-refractivity contribution in [2.75, 3.05) is 45.6 Å². The first-order chi connectivity index (χ1) is 11.1. The summed E-state index contributed by atoms with van der Waals surface area (Å²) in [7, 11) is 0. The second-order valence-corrected chi connectivity index (χ2v) is 8.70. The minimum Gasteiger partial charge on any atom is -0.396 e. The van der Waals surface area contributed by atoms with Crippen LogP contribution >= 0.6 is 11.8 Å². The van der Waals surface area contributed by atoms with Crippen molar-refractivity contribution >= 4 is 17.7 Å². The van der Waals surface area contributed by atoms with Crippen molar-refractivity contribution in [3.8, 4) is 0 Å². The number of carbonyl (C=O) groups excluding carboxylic acids is 1. The number of thioether (sulfide) groups is 1. The summed E-state index contributed by atoms with van der Waals surface area (Å²) in [6.07, 6.45) is 9.49. The van der Waals surface area contributed by atoms with Crippen LogP contribution < -0.4 is 0 Å². The Kier molecular flexibility index (Phi) is 7.70. The molecule has 1 N–H and O–H groups in total. The molecule has 0 saturated carbocycles. The fourth-order valence-corrected chi connectivity index (χ4v) is 4.20. The zero-order valence-electron chi connectivity index (χ0n) is 14.9. The highest BCUT2D eigenvalue weighted by atomic mass is 32.2. The molecule has 1 atom stereocenters. The number of hydrogen-bond donors (Lipinski definition) is 1. The van der Waals surface area contributed by atoms with Gasteiger partial charge in [0.2, 0.25) is 5.91 Å². The number of nitrogens with zero attached hydrogens (tertiary/aromatic N) is 2. The van der Waals surface area contributed by atoms with Crippen molar-refractivity contribution in [1.82, 2.24) is 9.80 Å². The van der Waals surface area contributed by atoms with Crippen LogP contribution in [0.25, 0.3) is 0 Å². The van der Waals surface area contributed by atoms with Gasteiger partial charge < -0.3 is 14.9 Å². The summed E-state index contributed by atoms with van der Waals surface area (Å²) in [5.41, 5.74) is 0.370. The number of piperidine rings is 2. The number of aliphatic hydroxyl groups excluding tert-OH is 1. The van der Waals surface area contributed by atoms with E-state index >= 15 is 0 Å². The van der Waals surface area contributed by atoms with Crippen molar-refractivity contribution in [3.63, 3.8) is 0 Å². The molecule has 2 aliphatic rings. The molecule has 23 heavy (non-hydrogen) atoms. The molecule has 2 rings (SSSR count). The van der Waals surface area contributed by atoms with E-state index in [1.165, 1.54) is 38.9 Å². The summed E-state index contributed by atoms with van der Waals surface area (Å²) in [6.45, 7) is 7.93. The lowest BCUT2D eigenvalue weighted by atomic mass is 9.72. The SMILES string of the molecule is CS[C@H](C)CCN1CCC2(CCC(=O)N(CCCCO)C2)CC1. The van der Waals surface area contributed by atoms with Gasteiger partial charge in [-0.2, -0.15) is 11.8 Å². The topological polar surface area (TPSA) is 43.8 Å². The Hall–Kier alpha value is -0.260. The molecule has 0 aromatic rings. The van der Waals surface area contributed by atoms with E-state index in [-0.39, 0.29) is 6.61 Å². The lowest BCUT2D eigenvalue weighted by Gasteiger charge is -2.47. The monoisotopic (exact) mass is 342 g/mol. The number of amides is 1. The van der Waals surface area contributed by atoms with Crippen LogP contribution in [0.5, 0.6) is 0 Å². The van der Waals surface area contributed by atoms with Gasteiger partial charge in [-0.1, -0.05) is 6.92 Å². The van der Waals surface area contributed by atoms with E-state index in [4.69, 9.17) is 5.11 Å². The number of aliphatic hydroxyl groups is 1. The smallest absolute Gasteiger partial charge is 0.222 e. The Bertz CT molecular complexity index is 370. The van der Waals surface area contributed by atoms with Gasteiger partial charge in [-0.05, 0) is 69.8 Å². The van der Waals surface area contributed by atoms with Crippen LogP contribution in [0, 0.1) is 5.41 Å². The molecule has 1 spiro atoms. The Morgan fingerprint density at radius 1 is 1.22 bits per heavy atom. The van der Waals surface area contributed by atoms with Crippen LogP contribution in [-0.4, -0.2) is 71.6 Å². The fraction of sp³-hybridized carbons (Fsp3) is 0.944. The van der Waals surface area contributed by atoms with Crippen LogP contribution in [0.4, 0.5) is 0 Å².